The van der Waals surface area contributed by atoms with Crippen LogP contribution in [0.4, 0.5) is 5.69 Å². The third-order valence-corrected chi connectivity index (χ3v) is 6.26. The number of imide groups is 1. The molecule has 1 N–H and O–H groups in total. The van der Waals surface area contributed by atoms with Crippen LogP contribution in [0.3, 0.4) is 0 Å². The highest BCUT2D eigenvalue weighted by Gasteiger charge is 2.60. The normalized spacial score (nSPS) is 26.6. The molecule has 1 aliphatic heterocycles. The quantitative estimate of drug-likeness (QED) is 0.397. The van der Waals surface area contributed by atoms with Crippen LogP contribution < -0.4 is 14.8 Å². The number of nitrogens with zero attached hydrogens (tertiary/aromatic N) is 1. The Morgan fingerprint density at radius 1 is 1.10 bits per heavy atom. The number of hydrogen-bond acceptors (Lipinski definition) is 7. The third kappa shape index (κ3) is 3.54. The first kappa shape index (κ1) is 20.9. The van der Waals surface area contributed by atoms with Crippen LogP contribution >= 0.6 is 0 Å². The molecule has 1 aromatic carbocycles. The monoisotopic (exact) mass is 428 g/mol. The fourth-order valence-corrected chi connectivity index (χ4v) is 4.76. The van der Waals surface area contributed by atoms with E-state index in [0.29, 0.717) is 17.2 Å². The number of esters is 1. The van der Waals surface area contributed by atoms with Gasteiger partial charge in [0, 0.05) is 6.07 Å². The lowest BCUT2D eigenvalue weighted by atomic mass is 9.85. The molecule has 2 aliphatic carbocycles. The van der Waals surface area contributed by atoms with Crippen molar-refractivity contribution in [3.63, 3.8) is 0 Å². The van der Waals surface area contributed by atoms with E-state index in [-0.39, 0.29) is 35.5 Å². The molecule has 164 valence electrons. The van der Waals surface area contributed by atoms with Crippen molar-refractivity contribution >= 4 is 29.4 Å². The Morgan fingerprint density at radius 3 is 2.32 bits per heavy atom. The van der Waals surface area contributed by atoms with Crippen LogP contribution in [-0.4, -0.2) is 55.5 Å². The summed E-state index contributed by atoms with van der Waals surface area (Å²) >= 11 is 0. The van der Waals surface area contributed by atoms with Gasteiger partial charge in [0.05, 0.1) is 31.7 Å². The number of amides is 3. The summed E-state index contributed by atoms with van der Waals surface area (Å²) in [5, 5.41) is 2.59. The lowest BCUT2D eigenvalue weighted by molar-refractivity contribution is -0.159. The van der Waals surface area contributed by atoms with Gasteiger partial charge in [-0.2, -0.15) is 0 Å². The van der Waals surface area contributed by atoms with Gasteiger partial charge >= 0.3 is 5.97 Å². The number of nitrogens with one attached hydrogen (secondary N) is 1. The van der Waals surface area contributed by atoms with E-state index in [1.54, 1.807) is 18.2 Å². The van der Waals surface area contributed by atoms with Crippen LogP contribution in [0, 0.1) is 23.7 Å². The number of rotatable bonds is 7. The standard InChI is InChI=1S/C22H24N2O7/c1-11(24-20(26)18-12-4-5-13(8-12)19(18)21(24)27)22(28)31-10-17(25)23-15-7-6-14(29-2)9-16(15)30-3/h4-7,9,11-13,18-19H,8,10H2,1-3H3,(H,23,25)/t11-,12-,13-,18+,19+/m0/s1. The topological polar surface area (TPSA) is 111 Å². The molecule has 5 atom stereocenters. The highest BCUT2D eigenvalue weighted by atomic mass is 16.5. The van der Waals surface area contributed by atoms with E-state index in [4.69, 9.17) is 14.2 Å². The summed E-state index contributed by atoms with van der Waals surface area (Å²) in [6.45, 7) is 0.882. The zero-order chi connectivity index (χ0) is 22.3. The third-order valence-electron chi connectivity index (χ3n) is 6.26. The van der Waals surface area contributed by atoms with Crippen molar-refractivity contribution in [1.29, 1.82) is 0 Å². The van der Waals surface area contributed by atoms with E-state index < -0.39 is 24.5 Å². The Hall–Kier alpha value is -3.36. The largest absolute Gasteiger partial charge is 0.497 e. The van der Waals surface area contributed by atoms with Gasteiger partial charge in [0.1, 0.15) is 17.5 Å². The molecule has 2 fully saturated rings. The Balaban J connectivity index is 1.34. The number of ether oxygens (including phenoxy) is 3. The van der Waals surface area contributed by atoms with Gasteiger partial charge in [-0.3, -0.25) is 19.3 Å². The fraction of sp³-hybridized carbons (Fsp3) is 0.455. The van der Waals surface area contributed by atoms with Gasteiger partial charge in [-0.25, -0.2) is 4.79 Å². The van der Waals surface area contributed by atoms with Gasteiger partial charge in [0.15, 0.2) is 6.61 Å². The number of likely N-dealkylation sites (tertiary alicyclic amines) is 1. The summed E-state index contributed by atoms with van der Waals surface area (Å²) in [6.07, 6.45) is 4.79. The second-order valence-corrected chi connectivity index (χ2v) is 7.94. The Bertz CT molecular complexity index is 943. The number of hydrogen-bond donors (Lipinski definition) is 1. The number of benzene rings is 1. The molecule has 1 saturated carbocycles. The Kier molecular flexibility index (Phi) is 5.43. The van der Waals surface area contributed by atoms with Crippen LogP contribution in [0.1, 0.15) is 13.3 Å². The summed E-state index contributed by atoms with van der Waals surface area (Å²) in [5.74, 6) is -1.76. The lowest BCUT2D eigenvalue weighted by Crippen LogP contribution is -2.45. The van der Waals surface area contributed by atoms with Crippen LogP contribution in [-0.2, 0) is 23.9 Å². The van der Waals surface area contributed by atoms with Gasteiger partial charge in [-0.15, -0.1) is 0 Å². The molecular formula is C22H24N2O7. The van der Waals surface area contributed by atoms with Crippen molar-refractivity contribution in [1.82, 2.24) is 4.90 Å². The van der Waals surface area contributed by atoms with Crippen LogP contribution in [0.2, 0.25) is 0 Å². The van der Waals surface area contributed by atoms with Crippen molar-refractivity contribution < 1.29 is 33.4 Å². The molecule has 0 unspecified atom stereocenters. The summed E-state index contributed by atoms with van der Waals surface area (Å²) in [7, 11) is 2.96. The van der Waals surface area contributed by atoms with Crippen molar-refractivity contribution in [2.75, 3.05) is 26.1 Å². The smallest absolute Gasteiger partial charge is 0.329 e. The predicted octanol–water partition coefficient (Wildman–Crippen LogP) is 1.38. The minimum absolute atomic E-state index is 0.0601. The molecule has 1 aromatic rings. The van der Waals surface area contributed by atoms with E-state index in [9.17, 15) is 19.2 Å². The molecular weight excluding hydrogens is 404 g/mol. The van der Waals surface area contributed by atoms with Crippen LogP contribution in [0.15, 0.2) is 30.4 Å². The molecule has 0 aromatic heterocycles. The van der Waals surface area contributed by atoms with Gasteiger partial charge in [-0.1, -0.05) is 12.2 Å². The minimum atomic E-state index is -1.09. The summed E-state index contributed by atoms with van der Waals surface area (Å²) < 4.78 is 15.4. The second kappa shape index (κ2) is 8.05. The highest BCUT2D eigenvalue weighted by molar-refractivity contribution is 6.09. The first-order valence-corrected chi connectivity index (χ1v) is 10.1. The first-order valence-electron chi connectivity index (χ1n) is 10.1. The van der Waals surface area contributed by atoms with Crippen molar-refractivity contribution in [3.8, 4) is 11.5 Å². The fourth-order valence-electron chi connectivity index (χ4n) is 4.76. The van der Waals surface area contributed by atoms with Crippen LogP contribution in [0.25, 0.3) is 0 Å². The molecule has 2 bridgehead atoms. The van der Waals surface area contributed by atoms with E-state index in [1.165, 1.54) is 21.1 Å². The van der Waals surface area contributed by atoms with Gasteiger partial charge in [-0.05, 0) is 37.3 Å². The van der Waals surface area contributed by atoms with Gasteiger partial charge < -0.3 is 19.5 Å². The maximum atomic E-state index is 12.8. The summed E-state index contributed by atoms with van der Waals surface area (Å²) in [5.41, 5.74) is 0.387. The van der Waals surface area contributed by atoms with E-state index in [2.05, 4.69) is 5.32 Å². The number of anilines is 1. The van der Waals surface area contributed by atoms with Crippen molar-refractivity contribution in [2.24, 2.45) is 23.7 Å². The van der Waals surface area contributed by atoms with E-state index in [0.717, 1.165) is 11.3 Å². The molecule has 31 heavy (non-hydrogen) atoms. The minimum Gasteiger partial charge on any atom is -0.497 e. The zero-order valence-corrected chi connectivity index (χ0v) is 17.5. The molecule has 0 spiro atoms. The van der Waals surface area contributed by atoms with E-state index >= 15 is 0 Å². The first-order chi connectivity index (χ1) is 14.8. The molecule has 1 saturated heterocycles. The molecule has 1 heterocycles. The number of carbonyl (C=O) groups excluding carboxylic acids is 4. The number of carbonyl (C=O) groups is 4. The van der Waals surface area contributed by atoms with Gasteiger partial charge in [0.2, 0.25) is 11.8 Å². The average molecular weight is 428 g/mol. The maximum absolute atomic E-state index is 12.8. The zero-order valence-electron chi connectivity index (χ0n) is 17.5. The molecule has 3 aliphatic rings. The van der Waals surface area contributed by atoms with Crippen molar-refractivity contribution in [2.45, 2.75) is 19.4 Å². The molecule has 4 rings (SSSR count). The average Bonchev–Trinajstić information content (AvgIpc) is 3.45. The number of methoxy groups -OCH3 is 2. The predicted molar refractivity (Wildman–Crippen MR) is 108 cm³/mol. The SMILES string of the molecule is COc1ccc(NC(=O)COC(=O)[C@H](C)N2C(=O)[C@H]3[C@H](C2=O)[C@H]2C=C[C@H]3C2)c(OC)c1. The molecule has 3 amide bonds. The Morgan fingerprint density at radius 2 is 1.74 bits per heavy atom. The molecule has 9 heteroatoms. The molecule has 9 nitrogen and oxygen atoms in total. The number of fused-ring (bicyclic) bond motifs is 5. The van der Waals surface area contributed by atoms with E-state index in [1.807, 2.05) is 12.2 Å². The number of allylic oxidation sites excluding steroid dienone is 2. The maximum Gasteiger partial charge on any atom is 0.329 e. The molecule has 0 radical (unpaired) electrons. The highest BCUT2D eigenvalue weighted by Crippen LogP contribution is 2.52. The van der Waals surface area contributed by atoms with Crippen molar-refractivity contribution in [3.05, 3.63) is 30.4 Å². The second-order valence-electron chi connectivity index (χ2n) is 7.94. The van der Waals surface area contributed by atoms with Crippen LogP contribution in [0.5, 0.6) is 11.5 Å². The summed E-state index contributed by atoms with van der Waals surface area (Å²) in [4.78, 5) is 51.3. The van der Waals surface area contributed by atoms with Gasteiger partial charge in [0.25, 0.3) is 5.91 Å². The Labute approximate surface area is 179 Å². The summed E-state index contributed by atoms with van der Waals surface area (Å²) in [6, 6.07) is 3.76. The lowest BCUT2D eigenvalue weighted by Gasteiger charge is -2.23.